The minimum Gasteiger partial charge on any atom is -0.479 e. The number of carboxylic acid groups (broad SMARTS) is 2. The molecule has 101 heavy (non-hydrogen) atoms. The van der Waals surface area contributed by atoms with Crippen LogP contribution in [0.3, 0.4) is 0 Å². The van der Waals surface area contributed by atoms with Crippen LogP contribution in [0, 0.1) is 0 Å². The number of esters is 4. The van der Waals surface area contributed by atoms with Crippen molar-refractivity contribution in [1.29, 1.82) is 0 Å². The molecule has 9 heterocycles. The average molecular weight is 1420 g/mol. The molecule has 0 saturated carbocycles. The van der Waals surface area contributed by atoms with Crippen LogP contribution in [0.1, 0.15) is 103 Å². The van der Waals surface area contributed by atoms with Crippen molar-refractivity contribution in [3.05, 3.63) is 125 Å². The van der Waals surface area contributed by atoms with Crippen molar-refractivity contribution >= 4 is 59.5 Å². The van der Waals surface area contributed by atoms with Gasteiger partial charge in [0, 0.05) is 45.5 Å². The van der Waals surface area contributed by atoms with E-state index in [1.807, 2.05) is 54.6 Å². The largest absolute Gasteiger partial charge is 0.479 e. The molecule has 32 nitrogen and oxygen atoms in total. The Balaban J connectivity index is 0.000000164. The minimum atomic E-state index is -1.31. The molecule has 0 unspecified atom stereocenters. The summed E-state index contributed by atoms with van der Waals surface area (Å²) in [5, 5.41) is 18.0. The lowest BCUT2D eigenvalue weighted by molar-refractivity contribution is -0.171. The summed E-state index contributed by atoms with van der Waals surface area (Å²) in [7, 11) is 4.86. The van der Waals surface area contributed by atoms with Gasteiger partial charge in [-0.15, -0.1) is 0 Å². The molecule has 0 bridgehead atoms. The van der Waals surface area contributed by atoms with Crippen LogP contribution in [-0.4, -0.2) is 232 Å². The number of methoxy groups -OCH3 is 4. The Bertz CT molecular complexity index is 3640. The number of carbonyl (C=O) groups excluding carboxylic acids is 8. The van der Waals surface area contributed by atoms with Crippen molar-refractivity contribution in [2.45, 2.75) is 198 Å². The van der Waals surface area contributed by atoms with E-state index in [9.17, 15) is 53.1 Å². The van der Waals surface area contributed by atoms with Crippen molar-refractivity contribution < 1.29 is 129 Å². The van der Waals surface area contributed by atoms with Crippen LogP contribution in [-0.2, 0) is 153 Å². The third-order valence-corrected chi connectivity index (χ3v) is 16.7. The highest BCUT2D eigenvalue weighted by atomic mass is 16.8. The van der Waals surface area contributed by atoms with Gasteiger partial charge in [0.25, 0.3) is 17.7 Å². The van der Waals surface area contributed by atoms with Gasteiger partial charge in [-0.05, 0) is 122 Å². The highest BCUT2D eigenvalue weighted by Gasteiger charge is 2.55. The smallest absolute Gasteiger partial charge is 0.364 e. The lowest BCUT2D eigenvalue weighted by Gasteiger charge is -2.31. The molecule has 0 spiro atoms. The highest BCUT2D eigenvalue weighted by molar-refractivity contribution is 5.91. The van der Waals surface area contributed by atoms with Gasteiger partial charge in [-0.25, -0.2) is 38.5 Å². The van der Waals surface area contributed by atoms with Gasteiger partial charge in [0.2, 0.25) is 0 Å². The number of ether oxygens (including phenoxy) is 14. The molecule has 5 saturated heterocycles. The average Bonchev–Trinajstić information content (AvgIpc) is 1.71. The molecular formula is C69H87N5O27. The van der Waals surface area contributed by atoms with Gasteiger partial charge in [-0.2, -0.15) is 4.73 Å². The second kappa shape index (κ2) is 32.4. The monoisotopic (exact) mass is 1420 g/mol. The third kappa shape index (κ3) is 19.6. The van der Waals surface area contributed by atoms with E-state index in [0.29, 0.717) is 39.3 Å². The second-order valence-electron chi connectivity index (χ2n) is 26.3. The summed E-state index contributed by atoms with van der Waals surface area (Å²) < 4.78 is 73.4. The standard InChI is InChI=1S/C19H21N3O5.C17H21NO5.C16H19NO5.C9H14O6.C8H12O6/c1-19(2)25-15(16(26-19)18(24)27-22-10-8-20-12-22)17(23)21-9-7-13-5-3-4-6-14(13)11-21;1-17(2)22-13(14(23-17)16(20)21-3)15(19)18-9-8-11-6-4-5-7-12(11)10-18;1-16(2)21-12(13(22-16)15(19)20)14(18)17-8-7-10-5-3-4-6-11(10)9-17;1-9(2)14-5(7(10)12-3)6(15-9)8(11)13-4;1-8(2)13-4(6(9)10)5(14-8)7(11)12-3/h3-6,8,10,12,15-16H,7,9,11H2,1-2H3;4-7,13-14H,8-10H2,1-3H3;3-6,12-13H,7-9H2,1-2H3,(H,19,20);5-6H,1-4H3;4-5H,1-3H3,(H,9,10)/t15-,16-;13-,14-;12-,13-;5-,6-;4-,5-/m11111/s1. The molecule has 1 aromatic heterocycles. The molecule has 4 aromatic rings. The number of imidazole rings is 1. The summed E-state index contributed by atoms with van der Waals surface area (Å²) in [6.07, 6.45) is -4.58. The molecule has 2 N–H and O–H groups in total. The van der Waals surface area contributed by atoms with Gasteiger partial charge in [-0.3, -0.25) is 14.4 Å². The summed E-state index contributed by atoms with van der Waals surface area (Å²) in [5.74, 6) is -11.8. The fraction of sp³-hybridized carbons (Fsp3) is 0.551. The summed E-state index contributed by atoms with van der Waals surface area (Å²) in [5.41, 5.74) is 7.04. The topological polar surface area (TPSA) is 377 Å². The van der Waals surface area contributed by atoms with Crippen LogP contribution in [0.25, 0.3) is 0 Å². The third-order valence-electron chi connectivity index (χ3n) is 16.7. The van der Waals surface area contributed by atoms with Crippen LogP contribution < -0.4 is 4.84 Å². The zero-order valence-electron chi connectivity index (χ0n) is 58.6. The van der Waals surface area contributed by atoms with E-state index in [4.69, 9.17) is 62.0 Å². The normalized spacial score (nSPS) is 26.4. The molecule has 8 aliphatic rings. The maximum Gasteiger partial charge on any atom is 0.364 e. The van der Waals surface area contributed by atoms with Gasteiger partial charge >= 0.3 is 41.8 Å². The van der Waals surface area contributed by atoms with Gasteiger partial charge in [0.15, 0.2) is 90.0 Å². The number of fused-ring (bicyclic) bond motifs is 3. The molecule has 3 aromatic carbocycles. The molecule has 12 rings (SSSR count). The Morgan fingerprint density at radius 1 is 0.366 bits per heavy atom. The molecular weight excluding hydrogens is 1330 g/mol. The zero-order valence-corrected chi connectivity index (χ0v) is 58.6. The highest BCUT2D eigenvalue weighted by Crippen LogP contribution is 2.36. The molecule has 550 valence electrons. The van der Waals surface area contributed by atoms with Crippen LogP contribution in [0.4, 0.5) is 0 Å². The second-order valence-corrected chi connectivity index (χ2v) is 26.3. The first-order valence-electron chi connectivity index (χ1n) is 32.3. The number of aromatic nitrogens is 2. The van der Waals surface area contributed by atoms with Crippen molar-refractivity contribution in [2.75, 3.05) is 48.1 Å². The van der Waals surface area contributed by atoms with E-state index >= 15 is 0 Å². The summed E-state index contributed by atoms with van der Waals surface area (Å²) >= 11 is 0. The first kappa shape index (κ1) is 77.9. The number of benzene rings is 3. The number of carbonyl (C=O) groups is 10. The number of nitrogens with zero attached hydrogens (tertiary/aromatic N) is 5. The number of hydrogen-bond acceptors (Lipinski definition) is 26. The Labute approximate surface area is 582 Å². The van der Waals surface area contributed by atoms with Crippen LogP contribution in [0.5, 0.6) is 0 Å². The molecule has 32 heteroatoms. The Hall–Kier alpha value is -8.83. The quantitative estimate of drug-likeness (QED) is 0.161. The first-order chi connectivity index (χ1) is 47.5. The van der Waals surface area contributed by atoms with E-state index < -0.39 is 132 Å². The lowest BCUT2D eigenvalue weighted by atomic mass is 9.99. The summed E-state index contributed by atoms with van der Waals surface area (Å²) in [6.45, 7) is 19.4. The molecule has 0 aliphatic carbocycles. The van der Waals surface area contributed by atoms with Gasteiger partial charge in [-0.1, -0.05) is 72.8 Å². The van der Waals surface area contributed by atoms with Gasteiger partial charge in [0.1, 0.15) is 6.33 Å². The van der Waals surface area contributed by atoms with Gasteiger partial charge in [0.05, 0.1) is 34.6 Å². The molecule has 10 atom stereocenters. The maximum absolute atomic E-state index is 13.1. The minimum absolute atomic E-state index is 0.236. The van der Waals surface area contributed by atoms with E-state index in [0.717, 1.165) is 47.8 Å². The van der Waals surface area contributed by atoms with Crippen LogP contribution in [0.15, 0.2) is 91.5 Å². The zero-order chi connectivity index (χ0) is 74.1. The van der Waals surface area contributed by atoms with Crippen LogP contribution in [0.2, 0.25) is 0 Å². The maximum atomic E-state index is 13.1. The van der Waals surface area contributed by atoms with E-state index in [-0.39, 0.29) is 17.7 Å². The van der Waals surface area contributed by atoms with E-state index in [2.05, 4.69) is 37.4 Å². The number of aliphatic carboxylic acids is 2. The summed E-state index contributed by atoms with van der Waals surface area (Å²) in [6, 6.07) is 24.0. The van der Waals surface area contributed by atoms with E-state index in [1.54, 1.807) is 70.1 Å². The van der Waals surface area contributed by atoms with Crippen molar-refractivity contribution in [2.24, 2.45) is 0 Å². The van der Waals surface area contributed by atoms with Gasteiger partial charge < -0.3 is 96.1 Å². The molecule has 0 radical (unpaired) electrons. The van der Waals surface area contributed by atoms with Crippen LogP contribution >= 0.6 is 0 Å². The fourth-order valence-electron chi connectivity index (χ4n) is 12.1. The van der Waals surface area contributed by atoms with Crippen molar-refractivity contribution in [1.82, 2.24) is 24.4 Å². The SMILES string of the molecule is CC1(C)O[C@@H](C(=O)O)[C@H](C(=O)N2CCc3ccccc3C2)O1.CC1(C)O[C@@H](C(=O)On2ccnc2)[C@H](C(=O)N2CCc3ccccc3C2)O1.COC(=O)[C@@H]1OC(C)(C)O[C@H]1C(=O)N1CCc2ccccc2C1.COC(=O)[C@@H]1OC(C)(C)O[C@H]1C(=O)O.COC(=O)[C@@H]1OC(C)(C)O[C@H]1C(=O)OC. The Morgan fingerprint density at radius 2 is 0.604 bits per heavy atom. The molecule has 3 amide bonds. The number of hydrogen-bond donors (Lipinski definition) is 2. The number of amides is 3. The predicted octanol–water partition coefficient (Wildman–Crippen LogP) is 3.00. The fourth-order valence-corrected chi connectivity index (χ4v) is 12.1. The molecule has 5 fully saturated rings. The summed E-state index contributed by atoms with van der Waals surface area (Å²) in [4.78, 5) is 133. The molecule has 8 aliphatic heterocycles. The first-order valence-corrected chi connectivity index (χ1v) is 32.3. The number of carboxylic acids is 2. The van der Waals surface area contributed by atoms with E-state index in [1.165, 1.54) is 70.6 Å². The Morgan fingerprint density at radius 3 is 0.881 bits per heavy atom. The Kier molecular flexibility index (Phi) is 25.0. The lowest BCUT2D eigenvalue weighted by Crippen LogP contribution is -2.49. The number of rotatable bonds is 11. The predicted molar refractivity (Wildman–Crippen MR) is 343 cm³/mol. The van der Waals surface area contributed by atoms with Crippen molar-refractivity contribution in [3.8, 4) is 0 Å². The van der Waals surface area contributed by atoms with Crippen molar-refractivity contribution in [3.63, 3.8) is 0 Å².